The summed E-state index contributed by atoms with van der Waals surface area (Å²) in [6.45, 7) is 3.26. The van der Waals surface area contributed by atoms with Crippen molar-refractivity contribution in [1.82, 2.24) is 4.90 Å². The van der Waals surface area contributed by atoms with Crippen LogP contribution in [0.3, 0.4) is 0 Å². The Labute approximate surface area is 165 Å². The quantitative estimate of drug-likeness (QED) is 0.709. The zero-order chi connectivity index (χ0) is 19.2. The number of carbonyl (C=O) groups is 3. The van der Waals surface area contributed by atoms with Crippen LogP contribution in [0.15, 0.2) is 30.3 Å². The summed E-state index contributed by atoms with van der Waals surface area (Å²) in [6.07, 6.45) is 1.14. The van der Waals surface area contributed by atoms with Gasteiger partial charge in [0.2, 0.25) is 5.91 Å². The minimum Gasteiger partial charge on any atom is -0.481 e. The molecule has 0 aromatic heterocycles. The van der Waals surface area contributed by atoms with Crippen LogP contribution in [-0.2, 0) is 19.1 Å². The number of aliphatic carboxylic acids is 1. The first-order chi connectivity index (χ1) is 12.4. The molecule has 0 unspecified atom stereocenters. The number of rotatable bonds is 7. The molecule has 1 aliphatic rings. The van der Waals surface area contributed by atoms with Crippen LogP contribution < -0.4 is 4.90 Å². The number of nitrogens with zero attached hydrogens (tertiary/aromatic N) is 2. The fourth-order valence-electron chi connectivity index (χ4n) is 3.47. The molecule has 2 rings (SSSR count). The molecular formula is C19H27ClN2O5. The van der Waals surface area contributed by atoms with Crippen LogP contribution in [0.2, 0.25) is 0 Å². The number of piperidine rings is 1. The van der Waals surface area contributed by atoms with Gasteiger partial charge in [0, 0.05) is 31.7 Å². The van der Waals surface area contributed by atoms with Gasteiger partial charge in [-0.05, 0) is 25.0 Å². The van der Waals surface area contributed by atoms with Crippen LogP contribution in [0.4, 0.5) is 5.69 Å². The van der Waals surface area contributed by atoms with Crippen LogP contribution >= 0.6 is 12.4 Å². The molecule has 0 saturated carbocycles. The standard InChI is InChI=1S/C19H26N2O5.ClH/c1-3-16(22)21(15-7-5-4-6-8-15)19(18(25)26-2)10-13-20(14-11-19)12-9-17(23)24;/h4-8H,3,9-14H2,1-2H3,(H,23,24);1H. The first-order valence-corrected chi connectivity index (χ1v) is 8.85. The SMILES string of the molecule is CCC(=O)N(c1ccccc1)C1(C(=O)OC)CCN(CCC(=O)O)CC1.Cl. The number of hydrogen-bond donors (Lipinski definition) is 1. The summed E-state index contributed by atoms with van der Waals surface area (Å²) in [5.41, 5.74) is -0.396. The summed E-state index contributed by atoms with van der Waals surface area (Å²) in [5.74, 6) is -1.41. The van der Waals surface area contributed by atoms with Crippen molar-refractivity contribution in [3.8, 4) is 0 Å². The first kappa shape index (κ1) is 22.9. The van der Waals surface area contributed by atoms with Crippen LogP contribution in [0.5, 0.6) is 0 Å². The van der Waals surface area contributed by atoms with Gasteiger partial charge in [0.05, 0.1) is 13.5 Å². The second kappa shape index (κ2) is 10.3. The van der Waals surface area contributed by atoms with E-state index < -0.39 is 17.5 Å². The van der Waals surface area contributed by atoms with Crippen molar-refractivity contribution >= 4 is 35.9 Å². The Morgan fingerprint density at radius 2 is 1.78 bits per heavy atom. The number of ether oxygens (including phenoxy) is 1. The number of halogens is 1. The Bertz CT molecular complexity index is 645. The summed E-state index contributed by atoms with van der Waals surface area (Å²) in [5, 5.41) is 8.86. The van der Waals surface area contributed by atoms with Crippen molar-refractivity contribution in [2.24, 2.45) is 0 Å². The van der Waals surface area contributed by atoms with Crippen LogP contribution in [0.1, 0.15) is 32.6 Å². The molecule has 1 amide bonds. The summed E-state index contributed by atoms with van der Waals surface area (Å²) in [6, 6.07) is 9.15. The average molecular weight is 399 g/mol. The van der Waals surface area contributed by atoms with E-state index in [1.807, 2.05) is 35.2 Å². The van der Waals surface area contributed by atoms with Crippen molar-refractivity contribution in [2.75, 3.05) is 31.6 Å². The maximum Gasteiger partial charge on any atom is 0.332 e. The van der Waals surface area contributed by atoms with Gasteiger partial charge in [-0.25, -0.2) is 4.79 Å². The zero-order valence-electron chi connectivity index (χ0n) is 15.7. The molecule has 1 heterocycles. The normalized spacial score (nSPS) is 16.1. The topological polar surface area (TPSA) is 87.2 Å². The molecule has 1 aliphatic heterocycles. The van der Waals surface area contributed by atoms with E-state index in [0.717, 1.165) is 0 Å². The van der Waals surface area contributed by atoms with Gasteiger partial charge in [-0.15, -0.1) is 12.4 Å². The number of methoxy groups -OCH3 is 1. The third kappa shape index (κ3) is 5.20. The number of amides is 1. The van der Waals surface area contributed by atoms with E-state index in [4.69, 9.17) is 9.84 Å². The third-order valence-electron chi connectivity index (χ3n) is 4.88. The number of hydrogen-bond acceptors (Lipinski definition) is 5. The lowest BCUT2D eigenvalue weighted by atomic mass is 9.84. The molecule has 0 aliphatic carbocycles. The molecule has 27 heavy (non-hydrogen) atoms. The maximum atomic E-state index is 12.8. The number of anilines is 1. The van der Waals surface area contributed by atoms with Gasteiger partial charge in [0.1, 0.15) is 5.54 Å². The smallest absolute Gasteiger partial charge is 0.332 e. The van der Waals surface area contributed by atoms with Gasteiger partial charge in [-0.2, -0.15) is 0 Å². The number of carboxylic acid groups (broad SMARTS) is 1. The third-order valence-corrected chi connectivity index (χ3v) is 4.88. The molecule has 1 saturated heterocycles. The van der Waals surface area contributed by atoms with E-state index in [-0.39, 0.29) is 31.2 Å². The average Bonchev–Trinajstić information content (AvgIpc) is 2.67. The molecule has 0 bridgehead atoms. The summed E-state index contributed by atoms with van der Waals surface area (Å²) in [4.78, 5) is 39.9. The molecule has 7 nitrogen and oxygen atoms in total. The molecule has 0 atom stereocenters. The highest BCUT2D eigenvalue weighted by Crippen LogP contribution is 2.35. The summed E-state index contributed by atoms with van der Waals surface area (Å²) < 4.78 is 5.08. The number of likely N-dealkylation sites (tertiary alicyclic amines) is 1. The minimum absolute atomic E-state index is 0. The summed E-state index contributed by atoms with van der Waals surface area (Å²) >= 11 is 0. The Hall–Kier alpha value is -2.12. The predicted octanol–water partition coefficient (Wildman–Crippen LogP) is 2.33. The van der Waals surface area contributed by atoms with Crippen molar-refractivity contribution in [2.45, 2.75) is 38.1 Å². The van der Waals surface area contributed by atoms with Crippen molar-refractivity contribution in [3.63, 3.8) is 0 Å². The first-order valence-electron chi connectivity index (χ1n) is 8.85. The maximum absolute atomic E-state index is 12.8. The lowest BCUT2D eigenvalue weighted by Gasteiger charge is -2.46. The molecule has 0 radical (unpaired) electrons. The van der Waals surface area contributed by atoms with Crippen molar-refractivity contribution in [1.29, 1.82) is 0 Å². The number of para-hydroxylation sites is 1. The Morgan fingerprint density at radius 1 is 1.19 bits per heavy atom. The van der Waals surface area contributed by atoms with E-state index in [9.17, 15) is 14.4 Å². The van der Waals surface area contributed by atoms with Gasteiger partial charge in [-0.3, -0.25) is 14.5 Å². The number of benzene rings is 1. The number of carbonyl (C=O) groups excluding carboxylic acids is 2. The molecule has 8 heteroatoms. The van der Waals surface area contributed by atoms with E-state index in [2.05, 4.69) is 0 Å². The second-order valence-corrected chi connectivity index (χ2v) is 6.43. The lowest BCUT2D eigenvalue weighted by Crippen LogP contribution is -2.62. The van der Waals surface area contributed by atoms with Crippen molar-refractivity contribution < 1.29 is 24.2 Å². The predicted molar refractivity (Wildman–Crippen MR) is 104 cm³/mol. The molecular weight excluding hydrogens is 372 g/mol. The molecule has 1 aromatic rings. The minimum atomic E-state index is -1.07. The van der Waals surface area contributed by atoms with Gasteiger partial charge in [0.25, 0.3) is 0 Å². The zero-order valence-corrected chi connectivity index (χ0v) is 16.5. The fourth-order valence-corrected chi connectivity index (χ4v) is 3.47. The van der Waals surface area contributed by atoms with Gasteiger partial charge in [-0.1, -0.05) is 25.1 Å². The lowest BCUT2D eigenvalue weighted by molar-refractivity contribution is -0.151. The Kier molecular flexibility index (Phi) is 8.72. The molecule has 1 aromatic carbocycles. The van der Waals surface area contributed by atoms with Gasteiger partial charge in [0.15, 0.2) is 0 Å². The highest BCUT2D eigenvalue weighted by atomic mass is 35.5. The molecule has 0 spiro atoms. The molecule has 1 N–H and O–H groups in total. The van der Waals surface area contributed by atoms with E-state index in [0.29, 0.717) is 38.2 Å². The molecule has 150 valence electrons. The Balaban J connectivity index is 0.00000364. The largest absolute Gasteiger partial charge is 0.481 e. The monoisotopic (exact) mass is 398 g/mol. The number of carboxylic acids is 1. The highest BCUT2D eigenvalue weighted by molar-refractivity contribution is 6.02. The Morgan fingerprint density at radius 3 is 2.26 bits per heavy atom. The van der Waals surface area contributed by atoms with Gasteiger partial charge >= 0.3 is 11.9 Å². The number of esters is 1. The van der Waals surface area contributed by atoms with E-state index >= 15 is 0 Å². The molecule has 1 fully saturated rings. The van der Waals surface area contributed by atoms with E-state index in [1.54, 1.807) is 11.8 Å². The van der Waals surface area contributed by atoms with Crippen LogP contribution in [0.25, 0.3) is 0 Å². The van der Waals surface area contributed by atoms with Gasteiger partial charge < -0.3 is 14.7 Å². The van der Waals surface area contributed by atoms with E-state index in [1.165, 1.54) is 7.11 Å². The summed E-state index contributed by atoms with van der Waals surface area (Å²) in [7, 11) is 1.33. The fraction of sp³-hybridized carbons (Fsp3) is 0.526. The highest BCUT2D eigenvalue weighted by Gasteiger charge is 2.49. The van der Waals surface area contributed by atoms with Crippen molar-refractivity contribution in [3.05, 3.63) is 30.3 Å². The van der Waals surface area contributed by atoms with Crippen LogP contribution in [0, 0.1) is 0 Å². The second-order valence-electron chi connectivity index (χ2n) is 6.43. The van der Waals surface area contributed by atoms with Crippen LogP contribution in [-0.4, -0.2) is 60.1 Å².